The molecule has 0 aromatic heterocycles. The average Bonchev–Trinajstić information content (AvgIpc) is 2.76. The number of rotatable bonds is 7. The van der Waals surface area contributed by atoms with Crippen LogP contribution in [0.4, 0.5) is 4.39 Å². The van der Waals surface area contributed by atoms with E-state index in [9.17, 15) is 14.4 Å². The molecule has 0 bridgehead atoms. The summed E-state index contributed by atoms with van der Waals surface area (Å²) in [6.07, 6.45) is 11.7. The van der Waals surface area contributed by atoms with Crippen LogP contribution in [0.1, 0.15) is 33.6 Å². The van der Waals surface area contributed by atoms with Crippen LogP contribution in [-0.4, -0.2) is 31.8 Å². The highest BCUT2D eigenvalue weighted by atomic mass is 19.1. The standard InChI is InChI=1S/C22H29FN4O2/c1-4-18(6-5-11-23)26-17(3)16(2)21(28)27-19-7-8-20(25-14-19)22(15-24)9-12-29-13-10-22/h4-8,14,20,25-26H,9-13H2,1-3H3,(H,27,28)/b6-5-,17-16+,18-4+. The maximum atomic E-state index is 12.6. The van der Waals surface area contributed by atoms with Gasteiger partial charge >= 0.3 is 0 Å². The van der Waals surface area contributed by atoms with E-state index in [0.29, 0.717) is 48.7 Å². The first-order chi connectivity index (χ1) is 14.0. The highest BCUT2D eigenvalue weighted by Crippen LogP contribution is 2.35. The lowest BCUT2D eigenvalue weighted by molar-refractivity contribution is -0.116. The maximum absolute atomic E-state index is 12.6. The van der Waals surface area contributed by atoms with Gasteiger partial charge in [0.25, 0.3) is 5.91 Å². The Balaban J connectivity index is 1.99. The van der Waals surface area contributed by atoms with Crippen LogP contribution in [0.15, 0.2) is 59.2 Å². The van der Waals surface area contributed by atoms with E-state index in [0.717, 1.165) is 0 Å². The van der Waals surface area contributed by atoms with Gasteiger partial charge < -0.3 is 20.7 Å². The molecule has 2 heterocycles. The molecule has 1 atom stereocenters. The van der Waals surface area contributed by atoms with Gasteiger partial charge in [-0.15, -0.1) is 0 Å². The van der Waals surface area contributed by atoms with Gasteiger partial charge in [-0.05, 0) is 45.8 Å². The van der Waals surface area contributed by atoms with Crippen molar-refractivity contribution in [3.05, 3.63) is 59.2 Å². The molecule has 0 radical (unpaired) electrons. The monoisotopic (exact) mass is 400 g/mol. The fourth-order valence-electron chi connectivity index (χ4n) is 3.22. The van der Waals surface area contributed by atoms with Crippen LogP contribution in [0.5, 0.6) is 0 Å². The SMILES string of the molecule is C/C=C(\C=C/CF)N/C(C)=C(\C)C(=O)NC1=CNC(C2(C#N)CCOCC2)C=C1. The van der Waals surface area contributed by atoms with E-state index < -0.39 is 12.1 Å². The molecule has 0 aromatic rings. The average molecular weight is 400 g/mol. The van der Waals surface area contributed by atoms with Crippen molar-refractivity contribution in [3.63, 3.8) is 0 Å². The number of allylic oxidation sites excluding steroid dienone is 5. The van der Waals surface area contributed by atoms with Gasteiger partial charge in [0.2, 0.25) is 0 Å². The highest BCUT2D eigenvalue weighted by Gasteiger charge is 2.40. The van der Waals surface area contributed by atoms with Crippen LogP contribution in [-0.2, 0) is 9.53 Å². The first-order valence-corrected chi connectivity index (χ1v) is 9.74. The second kappa shape index (κ2) is 10.6. The summed E-state index contributed by atoms with van der Waals surface area (Å²) in [5, 5.41) is 18.9. The fourth-order valence-corrected chi connectivity index (χ4v) is 3.22. The molecule has 6 nitrogen and oxygen atoms in total. The summed E-state index contributed by atoms with van der Waals surface area (Å²) in [7, 11) is 0. The molecule has 1 unspecified atom stereocenters. The van der Waals surface area contributed by atoms with Crippen LogP contribution in [0.25, 0.3) is 0 Å². The van der Waals surface area contributed by atoms with Gasteiger partial charge in [0.05, 0.1) is 23.2 Å². The second-order valence-electron chi connectivity index (χ2n) is 7.11. The summed E-state index contributed by atoms with van der Waals surface area (Å²) in [4.78, 5) is 12.6. The molecule has 0 aliphatic carbocycles. The van der Waals surface area contributed by atoms with E-state index in [1.807, 2.05) is 19.1 Å². The van der Waals surface area contributed by atoms with Gasteiger partial charge in [-0.25, -0.2) is 4.39 Å². The van der Waals surface area contributed by atoms with Gasteiger partial charge in [0.1, 0.15) is 6.67 Å². The molecular weight excluding hydrogens is 371 g/mol. The third kappa shape index (κ3) is 5.81. The van der Waals surface area contributed by atoms with Crippen molar-refractivity contribution < 1.29 is 13.9 Å². The zero-order valence-electron chi connectivity index (χ0n) is 17.2. The molecule has 156 valence electrons. The smallest absolute Gasteiger partial charge is 0.253 e. The molecule has 1 amide bonds. The Morgan fingerprint density at radius 1 is 1.45 bits per heavy atom. The largest absolute Gasteiger partial charge is 0.381 e. The minimum atomic E-state index is -0.546. The van der Waals surface area contributed by atoms with Crippen molar-refractivity contribution in [2.75, 3.05) is 19.9 Å². The van der Waals surface area contributed by atoms with Gasteiger partial charge in [0.15, 0.2) is 0 Å². The predicted octanol–water partition coefficient (Wildman–Crippen LogP) is 3.11. The van der Waals surface area contributed by atoms with Gasteiger partial charge in [-0.3, -0.25) is 4.79 Å². The summed E-state index contributed by atoms with van der Waals surface area (Å²) in [6, 6.07) is 2.34. The second-order valence-corrected chi connectivity index (χ2v) is 7.11. The summed E-state index contributed by atoms with van der Waals surface area (Å²) in [6.45, 7) is 5.97. The number of nitriles is 1. The Morgan fingerprint density at radius 2 is 2.17 bits per heavy atom. The number of hydrogen-bond donors (Lipinski definition) is 3. The topological polar surface area (TPSA) is 86.2 Å². The number of nitrogens with zero attached hydrogens (tertiary/aromatic N) is 1. The number of dihydropyridines is 1. The van der Waals surface area contributed by atoms with E-state index >= 15 is 0 Å². The number of carbonyl (C=O) groups excluding carboxylic acids is 1. The lowest BCUT2D eigenvalue weighted by Gasteiger charge is -2.37. The van der Waals surface area contributed by atoms with Crippen molar-refractivity contribution in [2.24, 2.45) is 5.41 Å². The number of amides is 1. The normalized spacial score (nSPS) is 22.2. The molecule has 3 N–H and O–H groups in total. The zero-order chi connectivity index (χ0) is 21.3. The Bertz CT molecular complexity index is 796. The van der Waals surface area contributed by atoms with E-state index in [1.54, 1.807) is 32.2 Å². The molecule has 29 heavy (non-hydrogen) atoms. The molecule has 0 aromatic carbocycles. The van der Waals surface area contributed by atoms with E-state index in [4.69, 9.17) is 4.74 Å². The van der Waals surface area contributed by atoms with Crippen molar-refractivity contribution in [3.8, 4) is 6.07 Å². The lowest BCUT2D eigenvalue weighted by atomic mass is 9.74. The minimum absolute atomic E-state index is 0.114. The quantitative estimate of drug-likeness (QED) is 0.452. The lowest BCUT2D eigenvalue weighted by Crippen LogP contribution is -2.46. The summed E-state index contributed by atoms with van der Waals surface area (Å²) in [5.41, 5.74) is 2.05. The van der Waals surface area contributed by atoms with Gasteiger partial charge in [-0.1, -0.05) is 18.2 Å². The number of hydrogen-bond acceptors (Lipinski definition) is 5. The molecule has 7 heteroatoms. The highest BCUT2D eigenvalue weighted by molar-refractivity contribution is 5.94. The van der Waals surface area contributed by atoms with Gasteiger partial charge in [0, 0.05) is 36.4 Å². The zero-order valence-corrected chi connectivity index (χ0v) is 17.2. The van der Waals surface area contributed by atoms with Crippen LogP contribution >= 0.6 is 0 Å². The molecule has 0 saturated carbocycles. The van der Waals surface area contributed by atoms with E-state index in [2.05, 4.69) is 22.0 Å². The number of alkyl halides is 1. The summed E-state index contributed by atoms with van der Waals surface area (Å²) in [5.74, 6) is -0.239. The van der Waals surface area contributed by atoms with Crippen molar-refractivity contribution in [2.45, 2.75) is 39.7 Å². The minimum Gasteiger partial charge on any atom is -0.381 e. The van der Waals surface area contributed by atoms with Crippen LogP contribution in [0, 0.1) is 16.7 Å². The molecule has 2 rings (SSSR count). The van der Waals surface area contributed by atoms with Crippen LogP contribution < -0.4 is 16.0 Å². The van der Waals surface area contributed by atoms with Gasteiger partial charge in [-0.2, -0.15) is 5.26 Å². The van der Waals surface area contributed by atoms with E-state index in [1.165, 1.54) is 6.08 Å². The Labute approximate surface area is 171 Å². The summed E-state index contributed by atoms with van der Waals surface area (Å²) < 4.78 is 17.7. The molecule has 0 spiro atoms. The van der Waals surface area contributed by atoms with Crippen molar-refractivity contribution in [1.29, 1.82) is 5.26 Å². The Kier molecular flexibility index (Phi) is 8.22. The summed E-state index contributed by atoms with van der Waals surface area (Å²) >= 11 is 0. The molecule has 1 saturated heterocycles. The number of ether oxygens (including phenoxy) is 1. The third-order valence-corrected chi connectivity index (χ3v) is 5.28. The first-order valence-electron chi connectivity index (χ1n) is 9.74. The first kappa shape index (κ1) is 22.4. The fraction of sp³-hybridized carbons (Fsp3) is 0.455. The number of halogens is 1. The van der Waals surface area contributed by atoms with Crippen LogP contribution in [0.2, 0.25) is 0 Å². The Hall–Kier alpha value is -2.85. The number of carbonyl (C=O) groups is 1. The molecule has 2 aliphatic heterocycles. The van der Waals surface area contributed by atoms with Crippen molar-refractivity contribution >= 4 is 5.91 Å². The predicted molar refractivity (Wildman–Crippen MR) is 111 cm³/mol. The molecular formula is C22H29FN4O2. The van der Waals surface area contributed by atoms with Crippen LogP contribution in [0.3, 0.4) is 0 Å². The van der Waals surface area contributed by atoms with E-state index in [-0.39, 0.29) is 11.9 Å². The maximum Gasteiger partial charge on any atom is 0.253 e. The molecule has 1 fully saturated rings. The van der Waals surface area contributed by atoms with Crippen molar-refractivity contribution in [1.82, 2.24) is 16.0 Å². The number of nitrogens with one attached hydrogen (secondary N) is 3. The Morgan fingerprint density at radius 3 is 2.72 bits per heavy atom. The third-order valence-electron chi connectivity index (χ3n) is 5.28. The molecule has 2 aliphatic rings.